The lowest BCUT2D eigenvalue weighted by Gasteiger charge is -1.86. The highest BCUT2D eigenvalue weighted by molar-refractivity contribution is 5.99. The SMILES string of the molecule is Cc1nc2ccc3oc(C)nc3c2[nH]1. The average Bonchev–Trinajstić information content (AvgIpc) is 2.65. The van der Waals surface area contributed by atoms with Gasteiger partial charge in [0.1, 0.15) is 11.3 Å². The molecule has 14 heavy (non-hydrogen) atoms. The largest absolute Gasteiger partial charge is 0.441 e. The molecule has 3 aromatic rings. The van der Waals surface area contributed by atoms with Crippen molar-refractivity contribution in [2.24, 2.45) is 0 Å². The van der Waals surface area contributed by atoms with E-state index in [1.54, 1.807) is 0 Å². The lowest BCUT2D eigenvalue weighted by molar-refractivity contribution is 0.561. The smallest absolute Gasteiger partial charge is 0.192 e. The number of rotatable bonds is 0. The summed E-state index contributed by atoms with van der Waals surface area (Å²) in [6.45, 7) is 3.77. The van der Waals surface area contributed by atoms with Crippen molar-refractivity contribution in [1.82, 2.24) is 15.0 Å². The second-order valence-corrected chi connectivity index (χ2v) is 3.36. The van der Waals surface area contributed by atoms with Crippen LogP contribution in [0.2, 0.25) is 0 Å². The number of imidazole rings is 1. The zero-order valence-corrected chi connectivity index (χ0v) is 7.96. The zero-order valence-electron chi connectivity index (χ0n) is 7.96. The predicted molar refractivity (Wildman–Crippen MR) is 53.1 cm³/mol. The van der Waals surface area contributed by atoms with Gasteiger partial charge in [-0.3, -0.25) is 0 Å². The number of H-pyrrole nitrogens is 1. The molecule has 1 N–H and O–H groups in total. The molecule has 0 fully saturated rings. The van der Waals surface area contributed by atoms with Gasteiger partial charge in [-0.1, -0.05) is 0 Å². The highest BCUT2D eigenvalue weighted by Crippen LogP contribution is 2.23. The van der Waals surface area contributed by atoms with E-state index in [1.807, 2.05) is 26.0 Å². The maximum Gasteiger partial charge on any atom is 0.192 e. The molecule has 4 heteroatoms. The van der Waals surface area contributed by atoms with E-state index in [4.69, 9.17) is 4.42 Å². The molecule has 0 amide bonds. The van der Waals surface area contributed by atoms with Gasteiger partial charge in [0.05, 0.1) is 11.0 Å². The fourth-order valence-corrected chi connectivity index (χ4v) is 1.70. The minimum atomic E-state index is 0.680. The van der Waals surface area contributed by atoms with E-state index in [0.717, 1.165) is 28.0 Å². The minimum absolute atomic E-state index is 0.680. The van der Waals surface area contributed by atoms with Crippen molar-refractivity contribution in [2.75, 3.05) is 0 Å². The third-order valence-corrected chi connectivity index (χ3v) is 2.24. The van der Waals surface area contributed by atoms with Gasteiger partial charge < -0.3 is 9.40 Å². The number of hydrogen-bond acceptors (Lipinski definition) is 3. The van der Waals surface area contributed by atoms with E-state index < -0.39 is 0 Å². The van der Waals surface area contributed by atoms with Gasteiger partial charge in [-0.05, 0) is 19.1 Å². The van der Waals surface area contributed by atoms with Crippen LogP contribution in [0.25, 0.3) is 22.1 Å². The second-order valence-electron chi connectivity index (χ2n) is 3.36. The van der Waals surface area contributed by atoms with Crippen LogP contribution >= 0.6 is 0 Å². The van der Waals surface area contributed by atoms with Crippen LogP contribution in [0.5, 0.6) is 0 Å². The molecule has 0 aliphatic rings. The second kappa shape index (κ2) is 2.35. The van der Waals surface area contributed by atoms with E-state index in [9.17, 15) is 0 Å². The Bertz CT molecular complexity index is 565. The number of aryl methyl sites for hydroxylation is 2. The molecule has 0 saturated heterocycles. The van der Waals surface area contributed by atoms with E-state index in [-0.39, 0.29) is 0 Å². The van der Waals surface area contributed by atoms with Crippen molar-refractivity contribution < 1.29 is 4.42 Å². The molecule has 0 unspecified atom stereocenters. The average molecular weight is 187 g/mol. The first-order valence-corrected chi connectivity index (χ1v) is 4.46. The standard InChI is InChI=1S/C10H9N3O/c1-5-11-7-3-4-8-10(9(7)12-5)13-6(2)14-8/h3-4H,1-2H3,(H,11,12). The fraction of sp³-hybridized carbons (Fsp3) is 0.200. The van der Waals surface area contributed by atoms with Crippen molar-refractivity contribution in [2.45, 2.75) is 13.8 Å². The van der Waals surface area contributed by atoms with Gasteiger partial charge in [0, 0.05) is 6.92 Å². The molecule has 0 spiro atoms. The van der Waals surface area contributed by atoms with Gasteiger partial charge >= 0.3 is 0 Å². The Hall–Kier alpha value is -1.84. The Morgan fingerprint density at radius 3 is 2.93 bits per heavy atom. The minimum Gasteiger partial charge on any atom is -0.441 e. The topological polar surface area (TPSA) is 54.7 Å². The molecule has 70 valence electrons. The highest BCUT2D eigenvalue weighted by Gasteiger charge is 2.08. The molecule has 2 aromatic heterocycles. The van der Waals surface area contributed by atoms with E-state index in [0.29, 0.717) is 5.89 Å². The number of nitrogens with zero attached hydrogens (tertiary/aromatic N) is 2. The number of benzene rings is 1. The first kappa shape index (κ1) is 7.55. The third-order valence-electron chi connectivity index (χ3n) is 2.24. The number of oxazole rings is 1. The van der Waals surface area contributed by atoms with Gasteiger partial charge in [-0.25, -0.2) is 9.97 Å². The number of hydrogen-bond donors (Lipinski definition) is 1. The zero-order chi connectivity index (χ0) is 9.71. The lowest BCUT2D eigenvalue weighted by atomic mass is 10.3. The molecular formula is C10H9N3O. The summed E-state index contributed by atoms with van der Waals surface area (Å²) in [6, 6.07) is 3.84. The third kappa shape index (κ3) is 0.878. The van der Waals surface area contributed by atoms with Crippen LogP contribution in [0.15, 0.2) is 16.5 Å². The van der Waals surface area contributed by atoms with Crippen LogP contribution in [0.1, 0.15) is 11.7 Å². The number of fused-ring (bicyclic) bond motifs is 3. The molecule has 3 rings (SSSR count). The van der Waals surface area contributed by atoms with Gasteiger partial charge in [0.15, 0.2) is 11.5 Å². The number of nitrogens with one attached hydrogen (secondary N) is 1. The number of aromatic nitrogens is 3. The lowest BCUT2D eigenvalue weighted by Crippen LogP contribution is -1.73. The maximum atomic E-state index is 5.43. The quantitative estimate of drug-likeness (QED) is 0.587. The summed E-state index contributed by atoms with van der Waals surface area (Å²) in [5.74, 6) is 1.58. The monoisotopic (exact) mass is 187 g/mol. The van der Waals surface area contributed by atoms with Crippen LogP contribution in [-0.2, 0) is 0 Å². The molecule has 0 aliphatic carbocycles. The molecule has 0 atom stereocenters. The van der Waals surface area contributed by atoms with Crippen LogP contribution < -0.4 is 0 Å². The van der Waals surface area contributed by atoms with Crippen LogP contribution in [0.4, 0.5) is 0 Å². The Labute approximate surface area is 80.0 Å². The maximum absolute atomic E-state index is 5.43. The molecule has 0 radical (unpaired) electrons. The Morgan fingerprint density at radius 1 is 1.21 bits per heavy atom. The molecule has 0 bridgehead atoms. The summed E-state index contributed by atoms with van der Waals surface area (Å²) in [5.41, 5.74) is 3.56. The van der Waals surface area contributed by atoms with Gasteiger partial charge in [0.2, 0.25) is 0 Å². The van der Waals surface area contributed by atoms with Crippen LogP contribution in [0, 0.1) is 13.8 Å². The fourth-order valence-electron chi connectivity index (χ4n) is 1.70. The van der Waals surface area contributed by atoms with E-state index >= 15 is 0 Å². The normalized spacial score (nSPS) is 11.6. The summed E-state index contributed by atoms with van der Waals surface area (Å²) >= 11 is 0. The van der Waals surface area contributed by atoms with Crippen molar-refractivity contribution in [3.63, 3.8) is 0 Å². The molecule has 0 saturated carbocycles. The van der Waals surface area contributed by atoms with Gasteiger partial charge in [-0.2, -0.15) is 0 Å². The molecule has 4 nitrogen and oxygen atoms in total. The Morgan fingerprint density at radius 2 is 2.07 bits per heavy atom. The van der Waals surface area contributed by atoms with Gasteiger partial charge in [-0.15, -0.1) is 0 Å². The van der Waals surface area contributed by atoms with E-state index in [2.05, 4.69) is 15.0 Å². The molecule has 1 aromatic carbocycles. The van der Waals surface area contributed by atoms with Crippen LogP contribution in [-0.4, -0.2) is 15.0 Å². The Kier molecular flexibility index (Phi) is 1.27. The van der Waals surface area contributed by atoms with Crippen molar-refractivity contribution >= 4 is 22.1 Å². The summed E-state index contributed by atoms with van der Waals surface area (Å²) in [7, 11) is 0. The van der Waals surface area contributed by atoms with Crippen LogP contribution in [0.3, 0.4) is 0 Å². The predicted octanol–water partition coefficient (Wildman–Crippen LogP) is 2.32. The summed E-state index contributed by atoms with van der Waals surface area (Å²) in [6.07, 6.45) is 0. The van der Waals surface area contributed by atoms with Gasteiger partial charge in [0.25, 0.3) is 0 Å². The van der Waals surface area contributed by atoms with Crippen molar-refractivity contribution in [3.8, 4) is 0 Å². The molecular weight excluding hydrogens is 178 g/mol. The number of aromatic amines is 1. The first-order valence-electron chi connectivity index (χ1n) is 4.46. The van der Waals surface area contributed by atoms with Crippen molar-refractivity contribution in [3.05, 3.63) is 23.8 Å². The van der Waals surface area contributed by atoms with Crippen molar-refractivity contribution in [1.29, 1.82) is 0 Å². The first-order chi connectivity index (χ1) is 6.74. The summed E-state index contributed by atoms with van der Waals surface area (Å²) in [4.78, 5) is 11.8. The summed E-state index contributed by atoms with van der Waals surface area (Å²) in [5, 5.41) is 0. The summed E-state index contributed by atoms with van der Waals surface area (Å²) < 4.78 is 5.43. The molecule has 2 heterocycles. The highest BCUT2D eigenvalue weighted by atomic mass is 16.3. The molecule has 0 aliphatic heterocycles. The van der Waals surface area contributed by atoms with E-state index in [1.165, 1.54) is 0 Å². The Balaban J connectivity index is 2.58.